The van der Waals surface area contributed by atoms with Gasteiger partial charge in [-0.05, 0) is 56.3 Å². The summed E-state index contributed by atoms with van der Waals surface area (Å²) in [7, 11) is 0. The molecule has 0 aromatic heterocycles. The van der Waals surface area contributed by atoms with Crippen molar-refractivity contribution < 1.29 is 22.8 Å². The Hall–Kier alpha value is -3.52. The number of anilines is 2. The van der Waals surface area contributed by atoms with Crippen molar-refractivity contribution in [2.24, 2.45) is 0 Å². The molecule has 4 nitrogen and oxygen atoms in total. The number of alkyl halides is 3. The van der Waals surface area contributed by atoms with Crippen molar-refractivity contribution in [2.75, 3.05) is 16.3 Å². The van der Waals surface area contributed by atoms with Gasteiger partial charge in [-0.15, -0.1) is 0 Å². The van der Waals surface area contributed by atoms with E-state index < -0.39 is 23.6 Å². The van der Waals surface area contributed by atoms with Gasteiger partial charge in [-0.25, -0.2) is 4.90 Å². The van der Waals surface area contributed by atoms with Gasteiger partial charge in [0, 0.05) is 17.1 Å². The van der Waals surface area contributed by atoms with E-state index in [1.165, 1.54) is 12.1 Å². The first-order valence-electron chi connectivity index (χ1n) is 10.6. The van der Waals surface area contributed by atoms with Gasteiger partial charge in [-0.1, -0.05) is 53.7 Å². The highest BCUT2D eigenvalue weighted by Gasteiger charge is 2.43. The lowest BCUT2D eigenvalue weighted by molar-refractivity contribution is -0.137. The molecule has 0 saturated carbocycles. The minimum Gasteiger partial charge on any atom is -0.336 e. The molecule has 3 aromatic carbocycles. The number of amides is 2. The van der Waals surface area contributed by atoms with Crippen LogP contribution in [0, 0.1) is 6.92 Å². The molecule has 0 spiro atoms. The predicted molar refractivity (Wildman–Crippen MR) is 127 cm³/mol. The van der Waals surface area contributed by atoms with Gasteiger partial charge in [0.1, 0.15) is 10.6 Å². The van der Waals surface area contributed by atoms with E-state index >= 15 is 0 Å². The van der Waals surface area contributed by atoms with Crippen molar-refractivity contribution >= 4 is 35.0 Å². The first-order valence-corrected chi connectivity index (χ1v) is 11.4. The number of aryl methyl sites for hydroxylation is 1. The molecule has 8 heteroatoms. The van der Waals surface area contributed by atoms with Crippen molar-refractivity contribution in [3.05, 3.63) is 101 Å². The van der Waals surface area contributed by atoms with Crippen LogP contribution in [-0.2, 0) is 15.8 Å². The molecule has 1 aliphatic heterocycles. The fourth-order valence-corrected chi connectivity index (χ4v) is 4.67. The quantitative estimate of drug-likeness (QED) is 0.380. The normalized spacial score (nSPS) is 14.2. The lowest BCUT2D eigenvalue weighted by Gasteiger charge is -2.24. The monoisotopic (exact) mass is 482 g/mol. The number of thioether (sulfide) groups is 1. The number of hydrogen-bond acceptors (Lipinski definition) is 4. The van der Waals surface area contributed by atoms with Crippen LogP contribution >= 0.6 is 11.8 Å². The average Bonchev–Trinajstić information content (AvgIpc) is 3.06. The third-order valence-electron chi connectivity index (χ3n) is 5.34. The van der Waals surface area contributed by atoms with Crippen LogP contribution in [0.15, 0.2) is 94.4 Å². The van der Waals surface area contributed by atoms with E-state index in [-0.39, 0.29) is 16.3 Å². The second-order valence-electron chi connectivity index (χ2n) is 7.67. The van der Waals surface area contributed by atoms with E-state index in [1.54, 1.807) is 4.90 Å². The summed E-state index contributed by atoms with van der Waals surface area (Å²) in [5, 5.41) is 0. The molecule has 2 amide bonds. The number of hydrogen-bond donors (Lipinski definition) is 0. The summed E-state index contributed by atoms with van der Waals surface area (Å²) < 4.78 is 39.9. The molecule has 0 N–H and O–H groups in total. The van der Waals surface area contributed by atoms with Gasteiger partial charge in [0.15, 0.2) is 0 Å². The Morgan fingerprint density at radius 3 is 2.18 bits per heavy atom. The molecule has 0 saturated heterocycles. The Bertz CT molecular complexity index is 1260. The van der Waals surface area contributed by atoms with Crippen LogP contribution in [0.2, 0.25) is 0 Å². The Balaban J connectivity index is 1.82. The molecule has 1 heterocycles. The largest absolute Gasteiger partial charge is 0.416 e. The summed E-state index contributed by atoms with van der Waals surface area (Å²) in [5.41, 5.74) is 0.835. The van der Waals surface area contributed by atoms with Crippen molar-refractivity contribution in [1.29, 1.82) is 0 Å². The van der Waals surface area contributed by atoms with Gasteiger partial charge < -0.3 is 4.90 Å². The summed E-state index contributed by atoms with van der Waals surface area (Å²) in [6.07, 6.45) is -4.60. The Morgan fingerprint density at radius 2 is 1.56 bits per heavy atom. The molecule has 174 valence electrons. The van der Waals surface area contributed by atoms with E-state index in [9.17, 15) is 22.8 Å². The summed E-state index contributed by atoms with van der Waals surface area (Å²) in [6.45, 7) is 4.17. The van der Waals surface area contributed by atoms with Crippen molar-refractivity contribution in [3.8, 4) is 0 Å². The van der Waals surface area contributed by atoms with Gasteiger partial charge in [0.25, 0.3) is 11.8 Å². The van der Waals surface area contributed by atoms with E-state index in [2.05, 4.69) is 0 Å². The number of carbonyl (C=O) groups excluding carboxylic acids is 2. The smallest absolute Gasteiger partial charge is 0.336 e. The zero-order chi connectivity index (χ0) is 24.5. The maximum atomic E-state index is 13.6. The standard InChI is InChI=1S/C26H21F3N2O2S/c1-3-30(19-9-5-4-6-10-19)22-23(34-21-14-12-17(2)13-15-21)25(33)31(24(22)32)20-11-7-8-18(16-20)26(27,28)29/h4-16H,3H2,1-2H3. The molecular formula is C26H21F3N2O2S. The van der Waals surface area contributed by atoms with Crippen LogP contribution in [0.4, 0.5) is 24.5 Å². The van der Waals surface area contributed by atoms with E-state index in [4.69, 9.17) is 0 Å². The summed E-state index contributed by atoms with van der Waals surface area (Å²) in [5.74, 6) is -1.32. The van der Waals surface area contributed by atoms with Crippen LogP contribution in [0.1, 0.15) is 18.1 Å². The van der Waals surface area contributed by atoms with Crippen molar-refractivity contribution in [1.82, 2.24) is 0 Å². The van der Waals surface area contributed by atoms with Crippen molar-refractivity contribution in [3.63, 3.8) is 0 Å². The zero-order valence-corrected chi connectivity index (χ0v) is 19.3. The first-order chi connectivity index (χ1) is 16.2. The van der Waals surface area contributed by atoms with Gasteiger partial charge in [-0.3, -0.25) is 9.59 Å². The number of imide groups is 1. The van der Waals surface area contributed by atoms with Gasteiger partial charge in [-0.2, -0.15) is 13.2 Å². The summed E-state index contributed by atoms with van der Waals surface area (Å²) in [6, 6.07) is 20.8. The van der Waals surface area contributed by atoms with Gasteiger partial charge >= 0.3 is 6.18 Å². The average molecular weight is 483 g/mol. The molecule has 0 aliphatic carbocycles. The minimum absolute atomic E-state index is 0.119. The van der Waals surface area contributed by atoms with Crippen LogP contribution < -0.4 is 9.80 Å². The Kier molecular flexibility index (Phi) is 6.52. The number of para-hydroxylation sites is 1. The Morgan fingerprint density at radius 1 is 0.882 bits per heavy atom. The highest BCUT2D eigenvalue weighted by molar-refractivity contribution is 8.04. The van der Waals surface area contributed by atoms with E-state index in [1.807, 2.05) is 68.4 Å². The van der Waals surface area contributed by atoms with Crippen LogP contribution in [0.5, 0.6) is 0 Å². The van der Waals surface area contributed by atoms with Gasteiger partial charge in [0.2, 0.25) is 0 Å². The van der Waals surface area contributed by atoms with Gasteiger partial charge in [0.05, 0.1) is 11.3 Å². The maximum Gasteiger partial charge on any atom is 0.416 e. The number of benzene rings is 3. The molecule has 34 heavy (non-hydrogen) atoms. The minimum atomic E-state index is -4.60. The highest BCUT2D eigenvalue weighted by Crippen LogP contribution is 2.41. The summed E-state index contributed by atoms with van der Waals surface area (Å²) in [4.78, 5) is 30.6. The number of likely N-dealkylation sites (N-methyl/N-ethyl adjacent to an activating group) is 1. The molecule has 0 radical (unpaired) electrons. The molecule has 0 unspecified atom stereocenters. The molecule has 0 fully saturated rings. The molecule has 0 bridgehead atoms. The molecule has 4 rings (SSSR count). The van der Waals surface area contributed by atoms with E-state index in [0.717, 1.165) is 39.3 Å². The van der Waals surface area contributed by atoms with Crippen LogP contribution in [0.25, 0.3) is 0 Å². The maximum absolute atomic E-state index is 13.6. The first kappa shape index (κ1) is 23.6. The Labute approximate surface area is 199 Å². The third-order valence-corrected chi connectivity index (χ3v) is 6.42. The van der Waals surface area contributed by atoms with E-state index in [0.29, 0.717) is 12.2 Å². The fourth-order valence-electron chi connectivity index (χ4n) is 3.69. The molecule has 3 aromatic rings. The lowest BCUT2D eigenvalue weighted by atomic mass is 10.2. The zero-order valence-electron chi connectivity index (χ0n) is 18.5. The second kappa shape index (κ2) is 9.38. The SMILES string of the molecule is CCN(C1=C(Sc2ccc(C)cc2)C(=O)N(c2cccc(C(F)(F)F)c2)C1=O)c1ccccc1. The molecule has 0 atom stereocenters. The van der Waals surface area contributed by atoms with Crippen LogP contribution in [-0.4, -0.2) is 18.4 Å². The molecule has 1 aliphatic rings. The highest BCUT2D eigenvalue weighted by atomic mass is 32.2. The number of halogens is 3. The summed E-state index contributed by atoms with van der Waals surface area (Å²) >= 11 is 1.13. The number of rotatable bonds is 6. The second-order valence-corrected chi connectivity index (χ2v) is 8.75. The fraction of sp³-hybridized carbons (Fsp3) is 0.154. The number of nitrogens with zero attached hydrogens (tertiary/aromatic N) is 2. The number of carbonyl (C=O) groups is 2. The topological polar surface area (TPSA) is 40.6 Å². The lowest BCUT2D eigenvalue weighted by Crippen LogP contribution is -2.35. The molecular weight excluding hydrogens is 461 g/mol. The van der Waals surface area contributed by atoms with Crippen LogP contribution in [0.3, 0.4) is 0 Å². The predicted octanol–water partition coefficient (Wildman–Crippen LogP) is 6.42. The van der Waals surface area contributed by atoms with Crippen molar-refractivity contribution in [2.45, 2.75) is 24.9 Å². The third kappa shape index (κ3) is 4.59.